The molecule has 0 spiro atoms. The predicted molar refractivity (Wildman–Crippen MR) is 155 cm³/mol. The summed E-state index contributed by atoms with van der Waals surface area (Å²) in [7, 11) is -2.82. The first-order chi connectivity index (χ1) is 19.2. The molecule has 0 bridgehead atoms. The molecule has 0 saturated carbocycles. The lowest BCUT2D eigenvalue weighted by Crippen LogP contribution is -2.07. The SMILES string of the molecule is O=S1(c2ccccc2)=Nc2ccc(-c3nc(-c4ccccc4)nc(-c4ccccc4)n3)cc2-c2ccccc21. The highest BCUT2D eigenvalue weighted by atomic mass is 32.2. The summed E-state index contributed by atoms with van der Waals surface area (Å²) in [4.78, 5) is 16.0. The summed E-state index contributed by atoms with van der Waals surface area (Å²) < 4.78 is 19.2. The third kappa shape index (κ3) is 4.11. The van der Waals surface area contributed by atoms with E-state index in [0.717, 1.165) is 27.8 Å². The molecule has 0 N–H and O–H groups in total. The molecule has 1 atom stereocenters. The second-order valence-corrected chi connectivity index (χ2v) is 11.3. The van der Waals surface area contributed by atoms with Crippen LogP contribution in [0.4, 0.5) is 5.69 Å². The Balaban J connectivity index is 1.43. The van der Waals surface area contributed by atoms with Gasteiger partial charge in [-0.1, -0.05) is 97.1 Å². The van der Waals surface area contributed by atoms with Crippen LogP contribution in [-0.2, 0) is 9.73 Å². The van der Waals surface area contributed by atoms with Crippen molar-refractivity contribution in [2.75, 3.05) is 0 Å². The summed E-state index contributed by atoms with van der Waals surface area (Å²) in [6, 6.07) is 43.0. The van der Waals surface area contributed by atoms with E-state index in [-0.39, 0.29) is 0 Å². The molecule has 39 heavy (non-hydrogen) atoms. The first kappa shape index (κ1) is 23.2. The molecule has 1 aliphatic rings. The largest absolute Gasteiger partial charge is 0.239 e. The number of nitrogens with zero attached hydrogens (tertiary/aromatic N) is 4. The highest BCUT2D eigenvalue weighted by Crippen LogP contribution is 2.45. The Bertz CT molecular complexity index is 1890. The Labute approximate surface area is 227 Å². The number of benzene rings is 5. The highest BCUT2D eigenvalue weighted by Gasteiger charge is 2.27. The molecule has 0 radical (unpaired) electrons. The van der Waals surface area contributed by atoms with Crippen LogP contribution in [0.5, 0.6) is 0 Å². The molecule has 1 aliphatic heterocycles. The molecule has 1 unspecified atom stereocenters. The van der Waals surface area contributed by atoms with E-state index in [1.54, 1.807) is 0 Å². The van der Waals surface area contributed by atoms with E-state index in [1.165, 1.54) is 0 Å². The van der Waals surface area contributed by atoms with Gasteiger partial charge in [-0.15, -0.1) is 0 Å². The summed E-state index contributed by atoms with van der Waals surface area (Å²) in [5.74, 6) is 1.78. The van der Waals surface area contributed by atoms with Crippen molar-refractivity contribution in [3.05, 3.63) is 133 Å². The van der Waals surface area contributed by atoms with Crippen LogP contribution in [-0.4, -0.2) is 19.2 Å². The van der Waals surface area contributed by atoms with E-state index in [0.29, 0.717) is 33.0 Å². The smallest absolute Gasteiger partial charge is 0.164 e. The summed E-state index contributed by atoms with van der Waals surface area (Å²) >= 11 is 0. The van der Waals surface area contributed by atoms with Crippen LogP contribution in [0.1, 0.15) is 0 Å². The fraction of sp³-hybridized carbons (Fsp3) is 0. The van der Waals surface area contributed by atoms with Crippen molar-refractivity contribution in [3.8, 4) is 45.3 Å². The van der Waals surface area contributed by atoms with Gasteiger partial charge in [0.1, 0.15) is 9.73 Å². The number of aromatic nitrogens is 3. The average Bonchev–Trinajstić information content (AvgIpc) is 3.02. The molecule has 7 rings (SSSR count). The lowest BCUT2D eigenvalue weighted by atomic mass is 10.0. The molecule has 0 amide bonds. The molecule has 0 aliphatic carbocycles. The molecule has 6 heteroatoms. The Kier molecular flexibility index (Phi) is 5.60. The van der Waals surface area contributed by atoms with Gasteiger partial charge >= 0.3 is 0 Å². The topological polar surface area (TPSA) is 68.1 Å². The number of hydrogen-bond donors (Lipinski definition) is 0. The van der Waals surface area contributed by atoms with E-state index in [4.69, 9.17) is 19.3 Å². The minimum Gasteiger partial charge on any atom is -0.239 e. The second-order valence-electron chi connectivity index (χ2n) is 9.20. The molecule has 1 aromatic heterocycles. The number of rotatable bonds is 4. The van der Waals surface area contributed by atoms with Crippen molar-refractivity contribution in [1.82, 2.24) is 15.0 Å². The van der Waals surface area contributed by atoms with Gasteiger partial charge in [0.15, 0.2) is 17.5 Å². The molecular weight excluding hydrogens is 500 g/mol. The fourth-order valence-electron chi connectivity index (χ4n) is 4.81. The van der Waals surface area contributed by atoms with Crippen molar-refractivity contribution in [2.24, 2.45) is 4.36 Å². The van der Waals surface area contributed by atoms with Crippen molar-refractivity contribution in [2.45, 2.75) is 9.79 Å². The molecule has 0 fully saturated rings. The van der Waals surface area contributed by atoms with Crippen LogP contribution < -0.4 is 0 Å². The standard InChI is InChI=1S/C33H22N4OS/c38-39(26-16-8-3-9-17-26)30-19-11-10-18-27(30)28-22-25(20-21-29(28)37-39)33-35-31(23-12-4-1-5-13-23)34-32(36-33)24-14-6-2-7-15-24/h1-22H. The van der Waals surface area contributed by atoms with Gasteiger partial charge in [-0.05, 0) is 36.4 Å². The van der Waals surface area contributed by atoms with Crippen LogP contribution >= 0.6 is 0 Å². The van der Waals surface area contributed by atoms with E-state index in [1.807, 2.05) is 133 Å². The third-order valence-corrected chi connectivity index (χ3v) is 9.04. The lowest BCUT2D eigenvalue weighted by molar-refractivity contribution is 0.676. The summed E-state index contributed by atoms with van der Waals surface area (Å²) in [6.07, 6.45) is 0. The van der Waals surface area contributed by atoms with Gasteiger partial charge in [-0.2, -0.15) is 4.36 Å². The predicted octanol–water partition coefficient (Wildman–Crippen LogP) is 8.07. The fourth-order valence-corrected chi connectivity index (χ4v) is 6.97. The molecule has 6 aromatic rings. The molecule has 0 saturated heterocycles. The molecule has 5 nitrogen and oxygen atoms in total. The van der Waals surface area contributed by atoms with E-state index in [9.17, 15) is 4.21 Å². The van der Waals surface area contributed by atoms with Gasteiger partial charge in [0.25, 0.3) is 0 Å². The molecule has 5 aromatic carbocycles. The van der Waals surface area contributed by atoms with Crippen molar-refractivity contribution >= 4 is 15.4 Å². The van der Waals surface area contributed by atoms with Crippen LogP contribution in [0, 0.1) is 0 Å². The quantitative estimate of drug-likeness (QED) is 0.234. The first-order valence-corrected chi connectivity index (χ1v) is 14.1. The summed E-state index contributed by atoms with van der Waals surface area (Å²) in [6.45, 7) is 0. The van der Waals surface area contributed by atoms with Gasteiger partial charge in [0.05, 0.1) is 15.5 Å². The van der Waals surface area contributed by atoms with Gasteiger partial charge in [0, 0.05) is 27.8 Å². The lowest BCUT2D eigenvalue weighted by Gasteiger charge is -2.22. The highest BCUT2D eigenvalue weighted by molar-refractivity contribution is 7.94. The average molecular weight is 523 g/mol. The van der Waals surface area contributed by atoms with Crippen molar-refractivity contribution in [3.63, 3.8) is 0 Å². The number of fused-ring (bicyclic) bond motifs is 3. The zero-order valence-corrected chi connectivity index (χ0v) is 21.6. The maximum atomic E-state index is 14.4. The van der Waals surface area contributed by atoms with Crippen LogP contribution in [0.25, 0.3) is 45.3 Å². The van der Waals surface area contributed by atoms with Gasteiger partial charge in [0.2, 0.25) is 0 Å². The molecule has 2 heterocycles. The van der Waals surface area contributed by atoms with E-state index < -0.39 is 9.73 Å². The summed E-state index contributed by atoms with van der Waals surface area (Å²) in [5.41, 5.74) is 5.16. The summed E-state index contributed by atoms with van der Waals surface area (Å²) in [5, 5.41) is 0. The van der Waals surface area contributed by atoms with Gasteiger partial charge in [-0.25, -0.2) is 19.2 Å². The van der Waals surface area contributed by atoms with Gasteiger partial charge < -0.3 is 0 Å². The van der Waals surface area contributed by atoms with Crippen molar-refractivity contribution in [1.29, 1.82) is 0 Å². The van der Waals surface area contributed by atoms with Crippen LogP contribution in [0.15, 0.2) is 148 Å². The Hall–Kier alpha value is -4.94. The van der Waals surface area contributed by atoms with E-state index in [2.05, 4.69) is 0 Å². The van der Waals surface area contributed by atoms with Crippen LogP contribution in [0.2, 0.25) is 0 Å². The minimum atomic E-state index is -2.82. The Morgan fingerprint density at radius 1 is 0.462 bits per heavy atom. The van der Waals surface area contributed by atoms with Crippen LogP contribution in [0.3, 0.4) is 0 Å². The maximum absolute atomic E-state index is 14.4. The Morgan fingerprint density at radius 2 is 0.974 bits per heavy atom. The second kappa shape index (κ2) is 9.42. The maximum Gasteiger partial charge on any atom is 0.164 e. The molecular formula is C33H22N4OS. The molecule has 186 valence electrons. The normalized spacial score (nSPS) is 15.6. The third-order valence-electron chi connectivity index (χ3n) is 6.72. The first-order valence-electron chi connectivity index (χ1n) is 12.6. The zero-order chi connectivity index (χ0) is 26.2. The van der Waals surface area contributed by atoms with Gasteiger partial charge in [-0.3, -0.25) is 0 Å². The Morgan fingerprint density at radius 3 is 1.59 bits per heavy atom. The number of hydrogen-bond acceptors (Lipinski definition) is 5. The van der Waals surface area contributed by atoms with E-state index >= 15 is 0 Å². The minimum absolute atomic E-state index is 0.567. The zero-order valence-electron chi connectivity index (χ0n) is 20.8. The van der Waals surface area contributed by atoms with Crippen molar-refractivity contribution < 1.29 is 4.21 Å². The monoisotopic (exact) mass is 522 g/mol.